The molecule has 0 bridgehead atoms. The van der Waals surface area contributed by atoms with Gasteiger partial charge in [0.1, 0.15) is 0 Å². The largest absolute Gasteiger partial charge is 0.306 e. The van der Waals surface area contributed by atoms with Gasteiger partial charge in [0.05, 0.1) is 0 Å². The second kappa shape index (κ2) is 20.2. The number of unbranched alkanes of at least 4 members (excludes halogenated alkanes) is 15. The van der Waals surface area contributed by atoms with Crippen LogP contribution in [0.4, 0.5) is 0 Å². The maximum absolute atomic E-state index is 3.84. The van der Waals surface area contributed by atoms with Gasteiger partial charge in [0.15, 0.2) is 0 Å². The van der Waals surface area contributed by atoms with Gasteiger partial charge in [-0.15, -0.1) is 6.58 Å². The van der Waals surface area contributed by atoms with Crippen molar-refractivity contribution in [2.45, 2.75) is 122 Å². The van der Waals surface area contributed by atoms with Gasteiger partial charge in [0.25, 0.3) is 0 Å². The molecule has 1 atom stereocenters. The Kier molecular flexibility index (Phi) is 18.1. The second-order valence-corrected chi connectivity index (χ2v) is 8.75. The number of rotatable bonds is 21. The molecule has 1 heteroatoms. The predicted molar refractivity (Wildman–Crippen MR) is 132 cm³/mol. The summed E-state index contributed by atoms with van der Waals surface area (Å²) >= 11 is 0. The number of benzene rings is 1. The third-order valence-electron chi connectivity index (χ3n) is 6.06. The maximum atomic E-state index is 3.84. The van der Waals surface area contributed by atoms with E-state index >= 15 is 0 Å². The van der Waals surface area contributed by atoms with Crippen LogP contribution < -0.4 is 5.32 Å². The van der Waals surface area contributed by atoms with Crippen molar-refractivity contribution >= 4 is 0 Å². The molecule has 0 aromatic heterocycles. The van der Waals surface area contributed by atoms with Crippen LogP contribution in [0, 0.1) is 0 Å². The minimum absolute atomic E-state index is 0.473. The highest BCUT2D eigenvalue weighted by Gasteiger charge is 2.09. The molecule has 0 aliphatic carbocycles. The predicted octanol–water partition coefficient (Wildman–Crippen LogP) is 9.15. The van der Waals surface area contributed by atoms with E-state index < -0.39 is 0 Å². The molecule has 0 spiro atoms. The van der Waals surface area contributed by atoms with E-state index in [1.54, 1.807) is 0 Å². The molecule has 1 N–H and O–H groups in total. The lowest BCUT2D eigenvalue weighted by Crippen LogP contribution is -2.21. The molecule has 0 aliphatic heterocycles. The molecule has 0 fully saturated rings. The Hall–Kier alpha value is -1.08. The molecule has 1 aromatic rings. The lowest BCUT2D eigenvalue weighted by Gasteiger charge is -2.18. The Morgan fingerprint density at radius 2 is 1.14 bits per heavy atom. The van der Waals surface area contributed by atoms with Crippen LogP contribution in [0.5, 0.6) is 0 Å². The van der Waals surface area contributed by atoms with Gasteiger partial charge >= 0.3 is 0 Å². The summed E-state index contributed by atoms with van der Waals surface area (Å²) < 4.78 is 0. The summed E-state index contributed by atoms with van der Waals surface area (Å²) in [7, 11) is 0. The van der Waals surface area contributed by atoms with E-state index in [0.717, 1.165) is 6.54 Å². The molecule has 0 aliphatic rings. The van der Waals surface area contributed by atoms with Crippen LogP contribution in [0.2, 0.25) is 0 Å². The van der Waals surface area contributed by atoms with E-state index in [4.69, 9.17) is 0 Å². The Balaban J connectivity index is 1.90. The molecular formula is C28H49N. The second-order valence-electron chi connectivity index (χ2n) is 8.75. The van der Waals surface area contributed by atoms with E-state index in [1.165, 1.54) is 115 Å². The summed E-state index contributed by atoms with van der Waals surface area (Å²) in [4.78, 5) is 0. The van der Waals surface area contributed by atoms with Crippen LogP contribution in [0.3, 0.4) is 0 Å². The third kappa shape index (κ3) is 15.4. The zero-order chi connectivity index (χ0) is 20.8. The fourth-order valence-corrected chi connectivity index (χ4v) is 4.19. The van der Waals surface area contributed by atoms with Gasteiger partial charge in [-0.1, -0.05) is 146 Å². The molecule has 1 rings (SSSR count). The molecule has 0 saturated heterocycles. The topological polar surface area (TPSA) is 12.0 Å². The smallest absolute Gasteiger partial charge is 0.0323 e. The SMILES string of the molecule is C=CCNC(CCCCCCCCCCCCCCCCCC)c1ccccc1. The molecule has 0 saturated carbocycles. The first kappa shape index (κ1) is 26.0. The Labute approximate surface area is 182 Å². The fraction of sp³-hybridized carbons (Fsp3) is 0.714. The molecule has 1 aromatic carbocycles. The van der Waals surface area contributed by atoms with Crippen molar-refractivity contribution in [3.8, 4) is 0 Å². The highest BCUT2D eigenvalue weighted by molar-refractivity contribution is 5.18. The Morgan fingerprint density at radius 1 is 0.690 bits per heavy atom. The lowest BCUT2D eigenvalue weighted by atomic mass is 9.99. The first-order valence-corrected chi connectivity index (χ1v) is 12.8. The molecule has 1 nitrogen and oxygen atoms in total. The van der Waals surface area contributed by atoms with E-state index in [9.17, 15) is 0 Å². The lowest BCUT2D eigenvalue weighted by molar-refractivity contribution is 0.480. The number of hydrogen-bond donors (Lipinski definition) is 1. The van der Waals surface area contributed by atoms with E-state index in [2.05, 4.69) is 49.2 Å². The average Bonchev–Trinajstić information content (AvgIpc) is 2.76. The summed E-state index contributed by atoms with van der Waals surface area (Å²) in [5, 5.41) is 3.62. The van der Waals surface area contributed by atoms with Gasteiger partial charge in [-0.3, -0.25) is 0 Å². The van der Waals surface area contributed by atoms with Gasteiger partial charge in [-0.05, 0) is 12.0 Å². The summed E-state index contributed by atoms with van der Waals surface area (Å²) in [6, 6.07) is 11.3. The molecule has 0 heterocycles. The van der Waals surface area contributed by atoms with Crippen LogP contribution in [-0.4, -0.2) is 6.54 Å². The maximum Gasteiger partial charge on any atom is 0.0323 e. The Morgan fingerprint density at radius 3 is 1.59 bits per heavy atom. The van der Waals surface area contributed by atoms with Crippen molar-refractivity contribution in [3.05, 3.63) is 48.6 Å². The van der Waals surface area contributed by atoms with Gasteiger partial charge in [-0.25, -0.2) is 0 Å². The third-order valence-corrected chi connectivity index (χ3v) is 6.06. The van der Waals surface area contributed by atoms with Crippen LogP contribution in [0.15, 0.2) is 43.0 Å². The highest BCUT2D eigenvalue weighted by atomic mass is 14.9. The summed E-state index contributed by atoms with van der Waals surface area (Å²) in [6.07, 6.45) is 26.1. The van der Waals surface area contributed by atoms with E-state index in [-0.39, 0.29) is 0 Å². The van der Waals surface area contributed by atoms with Crippen molar-refractivity contribution in [1.29, 1.82) is 0 Å². The minimum atomic E-state index is 0.473. The van der Waals surface area contributed by atoms with Gasteiger partial charge in [0, 0.05) is 12.6 Å². The van der Waals surface area contributed by atoms with Crippen molar-refractivity contribution in [2.75, 3.05) is 6.54 Å². The molecule has 0 radical (unpaired) electrons. The van der Waals surface area contributed by atoms with E-state index in [0.29, 0.717) is 6.04 Å². The van der Waals surface area contributed by atoms with Crippen LogP contribution in [0.1, 0.15) is 128 Å². The first-order valence-electron chi connectivity index (χ1n) is 12.8. The standard InChI is InChI=1S/C28H49N/c1-3-5-6-7-8-9-10-11-12-13-14-15-16-17-18-22-25-28(29-26-4-2)27-23-20-19-21-24-27/h4,19-21,23-24,28-29H,2-3,5-18,22,25-26H2,1H3. The monoisotopic (exact) mass is 399 g/mol. The average molecular weight is 400 g/mol. The van der Waals surface area contributed by atoms with Gasteiger partial charge in [-0.2, -0.15) is 0 Å². The Bertz CT molecular complexity index is 453. The molecular weight excluding hydrogens is 350 g/mol. The van der Waals surface area contributed by atoms with Crippen molar-refractivity contribution in [3.63, 3.8) is 0 Å². The summed E-state index contributed by atoms with van der Waals surface area (Å²) in [6.45, 7) is 7.03. The van der Waals surface area contributed by atoms with Crippen molar-refractivity contribution in [2.24, 2.45) is 0 Å². The molecule has 29 heavy (non-hydrogen) atoms. The zero-order valence-electron chi connectivity index (χ0n) is 19.5. The van der Waals surface area contributed by atoms with Crippen LogP contribution in [-0.2, 0) is 0 Å². The van der Waals surface area contributed by atoms with Crippen molar-refractivity contribution < 1.29 is 0 Å². The van der Waals surface area contributed by atoms with E-state index in [1.807, 2.05) is 6.08 Å². The zero-order valence-corrected chi connectivity index (χ0v) is 19.5. The van der Waals surface area contributed by atoms with Crippen molar-refractivity contribution in [1.82, 2.24) is 5.32 Å². The summed E-state index contributed by atoms with van der Waals surface area (Å²) in [5.74, 6) is 0. The van der Waals surface area contributed by atoms with Crippen LogP contribution in [0.25, 0.3) is 0 Å². The summed E-state index contributed by atoms with van der Waals surface area (Å²) in [5.41, 5.74) is 1.41. The van der Waals surface area contributed by atoms with Gasteiger partial charge < -0.3 is 5.32 Å². The normalized spacial score (nSPS) is 12.2. The fourth-order valence-electron chi connectivity index (χ4n) is 4.19. The number of nitrogens with one attached hydrogen (secondary N) is 1. The highest BCUT2D eigenvalue weighted by Crippen LogP contribution is 2.20. The van der Waals surface area contributed by atoms with Gasteiger partial charge in [0.2, 0.25) is 0 Å². The quantitative estimate of drug-likeness (QED) is 0.160. The first-order chi connectivity index (χ1) is 14.4. The minimum Gasteiger partial charge on any atom is -0.306 e. The van der Waals surface area contributed by atoms with Crippen LogP contribution >= 0.6 is 0 Å². The molecule has 0 amide bonds. The molecule has 166 valence electrons. The molecule has 1 unspecified atom stereocenters. The number of hydrogen-bond acceptors (Lipinski definition) is 1.